The Hall–Kier alpha value is -16.2. The maximum atomic E-state index is 5.20. The van der Waals surface area contributed by atoms with E-state index < -0.39 is 0 Å². The number of hydrogen-bond acceptors (Lipinski definition) is 8. The second kappa shape index (κ2) is 30.1. The van der Waals surface area contributed by atoms with Crippen LogP contribution in [0.3, 0.4) is 0 Å². The summed E-state index contributed by atoms with van der Waals surface area (Å²) in [5.41, 5.74) is 28.5. The Kier molecular flexibility index (Phi) is 17.5. The second-order valence-corrected chi connectivity index (χ2v) is 35.7. The molecule has 11 heteroatoms. The quantitative estimate of drug-likeness (QED) is 0.121. The third-order valence-electron chi connectivity index (χ3n) is 25.8. The highest BCUT2D eigenvalue weighted by Gasteiger charge is 2.37. The summed E-state index contributed by atoms with van der Waals surface area (Å²) in [7, 11) is 0. The Bertz CT molecular complexity index is 8620. The molecule has 0 N–H and O–H groups in total. The van der Waals surface area contributed by atoms with Crippen molar-refractivity contribution < 1.29 is 0 Å². The van der Waals surface area contributed by atoms with Gasteiger partial charge in [0, 0.05) is 129 Å². The molecule has 7 heterocycles. The average Bonchev–Trinajstić information content (AvgIpc) is 1.54. The first-order valence-electron chi connectivity index (χ1n) is 43.4. The van der Waals surface area contributed by atoms with E-state index in [-0.39, 0.29) is 5.41 Å². The molecule has 0 fully saturated rings. The van der Waals surface area contributed by atoms with Gasteiger partial charge in [0.15, 0.2) is 34.9 Å². The highest BCUT2D eigenvalue weighted by molar-refractivity contribution is 7.26. The highest BCUT2D eigenvalue weighted by Crippen LogP contribution is 2.53. The Labute approximate surface area is 745 Å². The minimum atomic E-state index is -0.0889. The molecule has 0 amide bonds. The number of aromatic nitrogens is 9. The van der Waals surface area contributed by atoms with Crippen LogP contribution in [0.15, 0.2) is 419 Å². The van der Waals surface area contributed by atoms with Gasteiger partial charge in [-0.25, -0.2) is 29.9 Å². The molecule has 18 aromatic carbocycles. The Morgan fingerprint density at radius 3 is 0.977 bits per heavy atom. The molecule has 0 bridgehead atoms. The van der Waals surface area contributed by atoms with Crippen molar-refractivity contribution >= 4 is 128 Å². The first-order valence-corrected chi connectivity index (χ1v) is 45.0. The van der Waals surface area contributed by atoms with Crippen molar-refractivity contribution in [3.63, 3.8) is 0 Å². The van der Waals surface area contributed by atoms with Gasteiger partial charge in [0.05, 0.1) is 33.1 Å². The number of nitrogens with zero attached hydrogens (tertiary/aromatic N) is 9. The lowest BCUT2D eigenvalue weighted by Gasteiger charge is -2.21. The summed E-state index contributed by atoms with van der Waals surface area (Å²) in [5.74, 6) is 3.92. The highest BCUT2D eigenvalue weighted by atomic mass is 32.1. The van der Waals surface area contributed by atoms with Crippen LogP contribution in [-0.2, 0) is 5.41 Å². The molecule has 7 aromatic heterocycles. The Morgan fingerprint density at radius 2 is 0.516 bits per heavy atom. The molecular weight excluding hydrogens is 1600 g/mol. The first kappa shape index (κ1) is 74.4. The van der Waals surface area contributed by atoms with Crippen molar-refractivity contribution in [3.05, 3.63) is 430 Å². The molecule has 0 unspecified atom stereocenters. The van der Waals surface area contributed by atoms with Gasteiger partial charge in [0.25, 0.3) is 0 Å². The second-order valence-electron chi connectivity index (χ2n) is 33.6. The number of para-hydroxylation sites is 4. The zero-order valence-corrected chi connectivity index (χ0v) is 71.3. The van der Waals surface area contributed by atoms with Crippen LogP contribution in [0.1, 0.15) is 25.0 Å². The van der Waals surface area contributed by atoms with Gasteiger partial charge in [-0.2, -0.15) is 0 Å². The maximum absolute atomic E-state index is 5.20. The molecule has 128 heavy (non-hydrogen) atoms. The molecule has 0 atom stereocenters. The van der Waals surface area contributed by atoms with Gasteiger partial charge in [-0.15, -0.1) is 22.7 Å². The summed E-state index contributed by atoms with van der Waals surface area (Å²) in [4.78, 5) is 30.8. The number of thiophene rings is 2. The van der Waals surface area contributed by atoms with Gasteiger partial charge in [-0.05, 0) is 177 Å². The monoisotopic (exact) mass is 1670 g/mol. The molecular formula is C117H75N9S2. The summed E-state index contributed by atoms with van der Waals surface area (Å²) >= 11 is 3.58. The van der Waals surface area contributed by atoms with E-state index in [0.717, 1.165) is 82.1 Å². The fraction of sp³-hybridized carbons (Fsp3) is 0.0256. The van der Waals surface area contributed by atoms with E-state index in [1.54, 1.807) is 22.7 Å². The van der Waals surface area contributed by atoms with Crippen molar-refractivity contribution in [3.8, 4) is 130 Å². The molecule has 1 aliphatic carbocycles. The molecule has 0 saturated heterocycles. The minimum absolute atomic E-state index is 0.0889. The molecule has 0 spiro atoms. The molecule has 0 aliphatic heterocycles. The van der Waals surface area contributed by atoms with Crippen molar-refractivity contribution in [2.24, 2.45) is 0 Å². The van der Waals surface area contributed by atoms with Crippen LogP contribution in [0.25, 0.3) is 236 Å². The first-order chi connectivity index (χ1) is 63.2. The van der Waals surface area contributed by atoms with Gasteiger partial charge in [-0.1, -0.05) is 311 Å². The summed E-state index contributed by atoms with van der Waals surface area (Å²) in [6.45, 7) is 4.72. The largest absolute Gasteiger partial charge is 0.309 e. The molecule has 9 nitrogen and oxygen atoms in total. The Balaban J connectivity index is 0.000000139. The van der Waals surface area contributed by atoms with Crippen LogP contribution >= 0.6 is 22.7 Å². The third kappa shape index (κ3) is 12.4. The predicted octanol–water partition coefficient (Wildman–Crippen LogP) is 31.1. The van der Waals surface area contributed by atoms with E-state index >= 15 is 0 Å². The Morgan fingerprint density at radius 1 is 0.188 bits per heavy atom. The smallest absolute Gasteiger partial charge is 0.165 e. The van der Waals surface area contributed by atoms with Gasteiger partial charge < -0.3 is 13.7 Å². The van der Waals surface area contributed by atoms with Gasteiger partial charge in [-0.3, -0.25) is 0 Å². The van der Waals surface area contributed by atoms with Crippen molar-refractivity contribution in [1.82, 2.24) is 43.6 Å². The average molecular weight is 1670 g/mol. The molecule has 0 saturated carbocycles. The van der Waals surface area contributed by atoms with E-state index in [1.165, 1.54) is 130 Å². The van der Waals surface area contributed by atoms with Crippen molar-refractivity contribution in [1.29, 1.82) is 0 Å². The lowest BCUT2D eigenvalue weighted by Crippen LogP contribution is -2.14. The topological polar surface area (TPSA) is 92.1 Å². The van der Waals surface area contributed by atoms with E-state index in [2.05, 4.69) is 373 Å². The molecule has 26 rings (SSSR count). The zero-order valence-electron chi connectivity index (χ0n) is 69.7. The van der Waals surface area contributed by atoms with Crippen LogP contribution in [0, 0.1) is 0 Å². The van der Waals surface area contributed by atoms with Crippen LogP contribution in [0.4, 0.5) is 0 Å². The summed E-state index contributed by atoms with van der Waals surface area (Å²) in [6.07, 6.45) is 0. The van der Waals surface area contributed by atoms with Crippen molar-refractivity contribution in [2.75, 3.05) is 0 Å². The number of fused-ring (bicyclic) bond motifs is 18. The molecule has 600 valence electrons. The fourth-order valence-electron chi connectivity index (χ4n) is 19.6. The molecule has 1 aliphatic rings. The number of benzene rings is 18. The van der Waals surface area contributed by atoms with Crippen LogP contribution in [0.5, 0.6) is 0 Å². The third-order valence-corrected chi connectivity index (χ3v) is 28.3. The van der Waals surface area contributed by atoms with Crippen LogP contribution < -0.4 is 0 Å². The van der Waals surface area contributed by atoms with Gasteiger partial charge in [0.2, 0.25) is 0 Å². The molecule has 0 radical (unpaired) electrons. The van der Waals surface area contributed by atoms with E-state index in [4.69, 9.17) is 29.9 Å². The zero-order chi connectivity index (χ0) is 84.7. The summed E-state index contributed by atoms with van der Waals surface area (Å²) in [6, 6.07) is 150. The standard InChI is InChI=1S/C60H40N4S.C57H35N5S/c1-60(2)51-24-14-12-22-44(51)46-35-48-47-32-41(30-31-53(47)64(54(48)36-52(46)60)43-20-10-5-11-21-43)37-26-28-38(29-27-37)42-33-49-45-23-13-15-25-55(45)65-56(49)50(34-42)59-62-57(39-16-6-3-7-17-39)61-58(63-59)40-18-8-4-9-19-40;1-4-16-37(17-5-1)55-58-56(38-18-6-2-7-19-38)60-57(59-55)48-33-39(32-47-44-24-12-15-27-53(44)63-54(47)48)36-28-30-41(31-29-36)62-50-26-14-11-23-43(50)46-34-45-42-22-10-13-25-49(42)61(51(45)35-52(46)62)40-20-8-3-9-21-40/h3-36H,1-2H3;1-35H. The summed E-state index contributed by atoms with van der Waals surface area (Å²) < 4.78 is 12.0. The van der Waals surface area contributed by atoms with Gasteiger partial charge in [0.1, 0.15) is 0 Å². The fourth-order valence-corrected chi connectivity index (χ4v) is 22.0. The van der Waals surface area contributed by atoms with E-state index in [1.807, 2.05) is 72.8 Å². The molecule has 25 aromatic rings. The lowest BCUT2D eigenvalue weighted by atomic mass is 9.82. The van der Waals surface area contributed by atoms with Crippen LogP contribution in [-0.4, -0.2) is 43.6 Å². The van der Waals surface area contributed by atoms with Gasteiger partial charge >= 0.3 is 0 Å². The predicted molar refractivity (Wildman–Crippen MR) is 535 cm³/mol. The summed E-state index contributed by atoms with van der Waals surface area (Å²) in [5, 5.41) is 12.3. The van der Waals surface area contributed by atoms with Crippen LogP contribution in [0.2, 0.25) is 0 Å². The minimum Gasteiger partial charge on any atom is -0.309 e. The van der Waals surface area contributed by atoms with E-state index in [9.17, 15) is 0 Å². The van der Waals surface area contributed by atoms with Crippen molar-refractivity contribution in [2.45, 2.75) is 19.3 Å². The number of hydrogen-bond donors (Lipinski definition) is 0. The number of rotatable bonds is 12. The maximum Gasteiger partial charge on any atom is 0.165 e. The SMILES string of the molecule is CC1(C)c2ccccc2-c2cc3c4cc(-c5ccc(-c6cc(-c7nc(-c8ccccc8)nc(-c8ccccc8)n7)c7sc8ccccc8c7c6)cc5)ccc4n(-c4ccccc4)c3cc21.c1ccc(-c2nc(-c3ccccc3)nc(-c3cc(-c4ccc(-n5c6ccccc6c6cc7c8ccccc8n(-c8ccccc8)c7cc65)cc4)cc4c3sc3ccccc34)n2)cc1. The normalized spacial score (nSPS) is 12.4. The van der Waals surface area contributed by atoms with E-state index in [0.29, 0.717) is 34.9 Å². The lowest BCUT2D eigenvalue weighted by molar-refractivity contribution is 0.661.